The lowest BCUT2D eigenvalue weighted by atomic mass is 10.2. The van der Waals surface area contributed by atoms with E-state index in [1.165, 1.54) is 12.1 Å². The van der Waals surface area contributed by atoms with Gasteiger partial charge >= 0.3 is 0 Å². The molecule has 0 aliphatic rings. The first-order valence-electron chi connectivity index (χ1n) is 3.88. The molecule has 1 aromatic carbocycles. The van der Waals surface area contributed by atoms with Crippen molar-refractivity contribution in [2.45, 2.75) is 13.8 Å². The van der Waals surface area contributed by atoms with Crippen LogP contribution in [-0.2, 0) is 0 Å². The molecule has 0 bridgehead atoms. The van der Waals surface area contributed by atoms with Gasteiger partial charge in [0.25, 0.3) is 0 Å². The van der Waals surface area contributed by atoms with Gasteiger partial charge in [0.1, 0.15) is 5.82 Å². The molecule has 0 heterocycles. The quantitative estimate of drug-likeness (QED) is 0.556. The molecule has 0 nitrogen and oxygen atoms in total. The van der Waals surface area contributed by atoms with Gasteiger partial charge < -0.3 is 0 Å². The van der Waals surface area contributed by atoms with E-state index in [1.807, 2.05) is 13.8 Å². The molecule has 1 aromatic rings. The van der Waals surface area contributed by atoms with E-state index in [-0.39, 0.29) is 5.82 Å². The second kappa shape index (κ2) is 6.38. The maximum Gasteiger partial charge on any atom is 0.131 e. The molecule has 0 spiro atoms. The standard InChI is InChI=1S/C9H6F.C2H6/c1-2-5-8-6-3-4-7-9(8)10;1-2/h1,3-7H;1-2H3. The summed E-state index contributed by atoms with van der Waals surface area (Å²) in [5.74, 6) is -0.277. The van der Waals surface area contributed by atoms with Crippen LogP contribution in [0.4, 0.5) is 4.39 Å². The van der Waals surface area contributed by atoms with Crippen molar-refractivity contribution in [1.29, 1.82) is 0 Å². The van der Waals surface area contributed by atoms with Crippen LogP contribution in [0.15, 0.2) is 30.0 Å². The molecule has 0 saturated carbocycles. The number of benzene rings is 1. The van der Waals surface area contributed by atoms with E-state index in [0.717, 1.165) is 0 Å². The number of halogens is 1. The van der Waals surface area contributed by atoms with Crippen LogP contribution >= 0.6 is 0 Å². The Morgan fingerprint density at radius 3 is 2.42 bits per heavy atom. The molecule has 0 N–H and O–H groups in total. The van der Waals surface area contributed by atoms with E-state index in [9.17, 15) is 4.39 Å². The molecular weight excluding hydrogens is 151 g/mol. The predicted molar refractivity (Wildman–Crippen MR) is 50.0 cm³/mol. The van der Waals surface area contributed by atoms with Crippen LogP contribution in [0.3, 0.4) is 0 Å². The predicted octanol–water partition coefficient (Wildman–Crippen LogP) is 3.45. The number of rotatable bonds is 1. The highest BCUT2D eigenvalue weighted by molar-refractivity contribution is 5.48. The van der Waals surface area contributed by atoms with Gasteiger partial charge in [-0.2, -0.15) is 0 Å². The molecule has 63 valence electrons. The van der Waals surface area contributed by atoms with Crippen LogP contribution in [-0.4, -0.2) is 0 Å². The minimum absolute atomic E-state index is 0.277. The molecule has 12 heavy (non-hydrogen) atoms. The maximum atomic E-state index is 12.6. The van der Waals surface area contributed by atoms with Crippen LogP contribution in [0.1, 0.15) is 19.4 Å². The van der Waals surface area contributed by atoms with E-state index < -0.39 is 0 Å². The van der Waals surface area contributed by atoms with Gasteiger partial charge in [-0.1, -0.05) is 32.0 Å². The Balaban J connectivity index is 0.000000561. The van der Waals surface area contributed by atoms with E-state index in [4.69, 9.17) is 6.58 Å². The van der Waals surface area contributed by atoms with Gasteiger partial charge in [-0.25, -0.2) is 4.39 Å². The van der Waals surface area contributed by atoms with Gasteiger partial charge in [-0.15, -0.1) is 5.73 Å². The third-order valence-electron chi connectivity index (χ3n) is 1.14. The summed E-state index contributed by atoms with van der Waals surface area (Å²) in [6.45, 7) is 8.96. The van der Waals surface area contributed by atoms with Crippen molar-refractivity contribution in [2.24, 2.45) is 0 Å². The first kappa shape index (κ1) is 10.7. The Kier molecular flexibility index (Phi) is 5.68. The molecule has 0 aromatic heterocycles. The molecule has 0 fully saturated rings. The highest BCUT2D eigenvalue weighted by Crippen LogP contribution is 2.06. The Bertz CT molecular complexity index is 270. The fourth-order valence-corrected chi connectivity index (χ4v) is 0.682. The molecule has 0 amide bonds. The van der Waals surface area contributed by atoms with Crippen molar-refractivity contribution in [3.05, 3.63) is 48.0 Å². The third-order valence-corrected chi connectivity index (χ3v) is 1.14. The lowest BCUT2D eigenvalue weighted by molar-refractivity contribution is 0.625. The van der Waals surface area contributed by atoms with E-state index in [1.54, 1.807) is 18.2 Å². The monoisotopic (exact) mass is 163 g/mol. The molecule has 0 aliphatic heterocycles. The Morgan fingerprint density at radius 2 is 1.92 bits per heavy atom. The number of hydrogen-bond acceptors (Lipinski definition) is 0. The second-order valence-corrected chi connectivity index (χ2v) is 1.83. The third kappa shape index (κ3) is 3.18. The average Bonchev–Trinajstić information content (AvgIpc) is 2.13. The first-order chi connectivity index (χ1) is 5.84. The van der Waals surface area contributed by atoms with Crippen molar-refractivity contribution < 1.29 is 4.39 Å². The topological polar surface area (TPSA) is 0 Å². The van der Waals surface area contributed by atoms with E-state index in [2.05, 4.69) is 5.73 Å². The van der Waals surface area contributed by atoms with Crippen LogP contribution in [0.2, 0.25) is 0 Å². The van der Waals surface area contributed by atoms with Gasteiger partial charge in [0.15, 0.2) is 0 Å². The summed E-state index contributed by atoms with van der Waals surface area (Å²) in [6, 6.07) is 6.38. The van der Waals surface area contributed by atoms with Crippen molar-refractivity contribution in [1.82, 2.24) is 0 Å². The van der Waals surface area contributed by atoms with E-state index in [0.29, 0.717) is 5.56 Å². The average molecular weight is 163 g/mol. The van der Waals surface area contributed by atoms with Crippen molar-refractivity contribution in [2.75, 3.05) is 0 Å². The summed E-state index contributed by atoms with van der Waals surface area (Å²) >= 11 is 0. The zero-order valence-corrected chi connectivity index (χ0v) is 7.34. The fraction of sp³-hybridized carbons (Fsp3) is 0.182. The summed E-state index contributed by atoms with van der Waals surface area (Å²) in [6.07, 6.45) is 1.40. The van der Waals surface area contributed by atoms with Crippen LogP contribution in [0, 0.1) is 12.4 Å². The van der Waals surface area contributed by atoms with Crippen molar-refractivity contribution >= 4 is 6.08 Å². The summed E-state index contributed by atoms with van der Waals surface area (Å²) < 4.78 is 12.6. The Morgan fingerprint density at radius 1 is 1.33 bits per heavy atom. The minimum Gasteiger partial charge on any atom is -0.206 e. The maximum absolute atomic E-state index is 12.6. The summed E-state index contributed by atoms with van der Waals surface area (Å²) in [4.78, 5) is 0. The minimum atomic E-state index is -0.277. The second-order valence-electron chi connectivity index (χ2n) is 1.83. The number of hydrogen-bond donors (Lipinski definition) is 0. The molecule has 1 heteroatoms. The molecule has 0 saturated heterocycles. The van der Waals surface area contributed by atoms with Gasteiger partial charge in [0.2, 0.25) is 0 Å². The molecular formula is C11H12F. The van der Waals surface area contributed by atoms with Gasteiger partial charge in [0.05, 0.1) is 0 Å². The lowest BCUT2D eigenvalue weighted by Gasteiger charge is -1.90. The van der Waals surface area contributed by atoms with Gasteiger partial charge in [0, 0.05) is 5.56 Å². The van der Waals surface area contributed by atoms with Crippen LogP contribution in [0.5, 0.6) is 0 Å². The molecule has 0 unspecified atom stereocenters. The Hall–Kier alpha value is -1.33. The summed E-state index contributed by atoms with van der Waals surface area (Å²) in [5, 5.41) is 0. The molecule has 0 atom stereocenters. The van der Waals surface area contributed by atoms with Gasteiger partial charge in [-0.3, -0.25) is 0 Å². The van der Waals surface area contributed by atoms with Gasteiger partial charge in [-0.05, 0) is 18.7 Å². The lowest BCUT2D eigenvalue weighted by Crippen LogP contribution is -1.77. The van der Waals surface area contributed by atoms with E-state index >= 15 is 0 Å². The zero-order valence-electron chi connectivity index (χ0n) is 7.34. The summed E-state index contributed by atoms with van der Waals surface area (Å²) in [7, 11) is 0. The fourth-order valence-electron chi connectivity index (χ4n) is 0.682. The van der Waals surface area contributed by atoms with Crippen LogP contribution < -0.4 is 0 Å². The van der Waals surface area contributed by atoms with Crippen molar-refractivity contribution in [3.63, 3.8) is 0 Å². The Labute approximate surface area is 73.0 Å². The smallest absolute Gasteiger partial charge is 0.131 e. The van der Waals surface area contributed by atoms with Crippen molar-refractivity contribution in [3.8, 4) is 0 Å². The van der Waals surface area contributed by atoms with Crippen LogP contribution in [0.25, 0.3) is 6.08 Å². The molecule has 1 rings (SSSR count). The highest BCUT2D eigenvalue weighted by atomic mass is 19.1. The first-order valence-corrected chi connectivity index (χ1v) is 3.88. The summed E-state index contributed by atoms with van der Waals surface area (Å²) in [5.41, 5.74) is 2.72. The molecule has 0 aliphatic carbocycles. The highest BCUT2D eigenvalue weighted by Gasteiger charge is 1.92. The largest absolute Gasteiger partial charge is 0.206 e. The normalized spacial score (nSPS) is 7.58. The molecule has 1 radical (unpaired) electrons. The zero-order chi connectivity index (χ0) is 9.40. The SMILES string of the molecule is CC.[CH]=C=Cc1ccccc1F.